The van der Waals surface area contributed by atoms with Gasteiger partial charge in [0.1, 0.15) is 5.82 Å². The molecular weight excluding hydrogens is 281 g/mol. The van der Waals surface area contributed by atoms with Crippen molar-refractivity contribution in [1.29, 1.82) is 0 Å². The molecule has 1 amide bonds. The molecule has 116 valence electrons. The highest BCUT2D eigenvalue weighted by Gasteiger charge is 2.21. The van der Waals surface area contributed by atoms with Crippen LogP contribution in [0.4, 0.5) is 4.39 Å². The number of carbonyl (C=O) groups is 1. The molecule has 5 heteroatoms. The summed E-state index contributed by atoms with van der Waals surface area (Å²) in [6, 6.07) is 6.25. The lowest BCUT2D eigenvalue weighted by Crippen LogP contribution is -2.46. The fourth-order valence-corrected chi connectivity index (χ4v) is 2.73. The largest absolute Gasteiger partial charge is 0.336 e. The Morgan fingerprint density at radius 1 is 1.27 bits per heavy atom. The number of aromatic nitrogens is 1. The third-order valence-electron chi connectivity index (χ3n) is 4.02. The number of amides is 1. The van der Waals surface area contributed by atoms with Crippen LogP contribution in [0.1, 0.15) is 35.8 Å². The van der Waals surface area contributed by atoms with E-state index in [-0.39, 0.29) is 17.6 Å². The van der Waals surface area contributed by atoms with E-state index in [9.17, 15) is 9.18 Å². The van der Waals surface area contributed by atoms with Crippen molar-refractivity contribution in [3.63, 3.8) is 0 Å². The summed E-state index contributed by atoms with van der Waals surface area (Å²) in [5.74, 6) is -0.175. The molecule has 3 rings (SSSR count). The maximum Gasteiger partial charge on any atom is 0.254 e. The lowest BCUT2D eigenvalue weighted by molar-refractivity contribution is 0.0737. The molecule has 2 heterocycles. The average Bonchev–Trinajstić information content (AvgIpc) is 2.54. The first-order valence-electron chi connectivity index (χ1n) is 7.66. The van der Waals surface area contributed by atoms with Gasteiger partial charge in [0.25, 0.3) is 5.91 Å². The first-order valence-corrected chi connectivity index (χ1v) is 7.66. The summed E-state index contributed by atoms with van der Waals surface area (Å²) in [7, 11) is 0. The van der Waals surface area contributed by atoms with Crippen LogP contribution in [0.5, 0.6) is 0 Å². The fourth-order valence-electron chi connectivity index (χ4n) is 2.73. The van der Waals surface area contributed by atoms with Crippen molar-refractivity contribution in [3.8, 4) is 0 Å². The summed E-state index contributed by atoms with van der Waals surface area (Å²) in [4.78, 5) is 19.2. The fraction of sp³-hybridized carbons (Fsp3) is 0.412. The predicted molar refractivity (Wildman–Crippen MR) is 84.6 cm³/mol. The molecule has 0 aliphatic carbocycles. The highest BCUT2D eigenvalue weighted by molar-refractivity contribution is 6.06. The highest BCUT2D eigenvalue weighted by Crippen LogP contribution is 2.24. The Kier molecular flexibility index (Phi) is 4.07. The van der Waals surface area contributed by atoms with Crippen molar-refractivity contribution < 1.29 is 9.18 Å². The number of hydrogen-bond acceptors (Lipinski definition) is 3. The van der Waals surface area contributed by atoms with Gasteiger partial charge in [0.05, 0.1) is 11.1 Å². The summed E-state index contributed by atoms with van der Waals surface area (Å²) in [5.41, 5.74) is 2.08. The second-order valence-electron chi connectivity index (χ2n) is 5.95. The van der Waals surface area contributed by atoms with Crippen molar-refractivity contribution in [1.82, 2.24) is 15.2 Å². The smallest absolute Gasteiger partial charge is 0.254 e. The third kappa shape index (κ3) is 2.81. The van der Waals surface area contributed by atoms with Crippen LogP contribution in [0.2, 0.25) is 0 Å². The van der Waals surface area contributed by atoms with Gasteiger partial charge < -0.3 is 10.2 Å². The lowest BCUT2D eigenvalue weighted by Gasteiger charge is -2.28. The zero-order chi connectivity index (χ0) is 15.7. The summed E-state index contributed by atoms with van der Waals surface area (Å²) in [6.07, 6.45) is 0. The van der Waals surface area contributed by atoms with Crippen LogP contribution in [0.25, 0.3) is 10.9 Å². The van der Waals surface area contributed by atoms with E-state index in [4.69, 9.17) is 0 Å². The second kappa shape index (κ2) is 6.01. The second-order valence-corrected chi connectivity index (χ2v) is 5.95. The number of fused-ring (bicyclic) bond motifs is 1. The SMILES string of the molecule is CC(C)c1cc(C(=O)N2CCNCC2)c2cc(F)ccc2n1. The number of nitrogens with one attached hydrogen (secondary N) is 1. The minimum Gasteiger partial charge on any atom is -0.336 e. The van der Waals surface area contributed by atoms with E-state index in [2.05, 4.69) is 10.3 Å². The Labute approximate surface area is 129 Å². The van der Waals surface area contributed by atoms with Crippen LogP contribution < -0.4 is 5.32 Å². The molecule has 4 nitrogen and oxygen atoms in total. The van der Waals surface area contributed by atoms with E-state index in [1.54, 1.807) is 6.07 Å². The number of piperazine rings is 1. The molecule has 0 unspecified atom stereocenters. The van der Waals surface area contributed by atoms with Crippen LogP contribution in [-0.4, -0.2) is 42.0 Å². The number of nitrogens with zero attached hydrogens (tertiary/aromatic N) is 2. The number of halogens is 1. The molecule has 1 aliphatic rings. The van der Waals surface area contributed by atoms with Crippen LogP contribution in [-0.2, 0) is 0 Å². The molecule has 1 aliphatic heterocycles. The summed E-state index contributed by atoms with van der Waals surface area (Å²) in [5, 5.41) is 3.82. The standard InChI is InChI=1S/C17H20FN3O/c1-11(2)16-10-14(17(22)21-7-5-19-6-8-21)13-9-12(18)3-4-15(13)20-16/h3-4,9-11,19H,5-8H2,1-2H3. The van der Waals surface area contributed by atoms with Gasteiger partial charge in [0, 0.05) is 37.3 Å². The normalized spacial score (nSPS) is 15.5. The minimum absolute atomic E-state index is 0.0404. The number of hydrogen-bond donors (Lipinski definition) is 1. The molecule has 1 aromatic heterocycles. The maximum atomic E-state index is 13.6. The minimum atomic E-state index is -0.346. The Hall–Kier alpha value is -2.01. The van der Waals surface area contributed by atoms with Gasteiger partial charge in [-0.2, -0.15) is 0 Å². The van der Waals surface area contributed by atoms with E-state index in [0.717, 1.165) is 18.8 Å². The molecule has 0 saturated carbocycles. The van der Waals surface area contributed by atoms with Crippen molar-refractivity contribution >= 4 is 16.8 Å². The predicted octanol–water partition coefficient (Wildman–Crippen LogP) is 2.54. The number of carbonyl (C=O) groups excluding carboxylic acids is 1. The van der Waals surface area contributed by atoms with Crippen LogP contribution in [0.3, 0.4) is 0 Å². The molecule has 1 aromatic carbocycles. The van der Waals surface area contributed by atoms with Gasteiger partial charge in [0.2, 0.25) is 0 Å². The Morgan fingerprint density at radius 2 is 2.00 bits per heavy atom. The van der Waals surface area contributed by atoms with Gasteiger partial charge in [-0.1, -0.05) is 13.8 Å². The van der Waals surface area contributed by atoms with Gasteiger partial charge in [-0.25, -0.2) is 4.39 Å². The number of benzene rings is 1. The molecule has 0 atom stereocenters. The molecule has 0 radical (unpaired) electrons. The highest BCUT2D eigenvalue weighted by atomic mass is 19.1. The number of pyridine rings is 1. The summed E-state index contributed by atoms with van der Waals surface area (Å²) >= 11 is 0. The van der Waals surface area contributed by atoms with E-state index >= 15 is 0 Å². The Morgan fingerprint density at radius 3 is 2.68 bits per heavy atom. The molecule has 0 spiro atoms. The third-order valence-corrected chi connectivity index (χ3v) is 4.02. The number of rotatable bonds is 2. The first kappa shape index (κ1) is 14.9. The maximum absolute atomic E-state index is 13.6. The van der Waals surface area contributed by atoms with Gasteiger partial charge in [-0.3, -0.25) is 9.78 Å². The van der Waals surface area contributed by atoms with Crippen molar-refractivity contribution in [3.05, 3.63) is 41.3 Å². The van der Waals surface area contributed by atoms with Crippen LogP contribution in [0.15, 0.2) is 24.3 Å². The van der Waals surface area contributed by atoms with E-state index in [0.29, 0.717) is 29.6 Å². The van der Waals surface area contributed by atoms with Gasteiger partial charge in [0.15, 0.2) is 0 Å². The lowest BCUT2D eigenvalue weighted by atomic mass is 10.0. The Balaban J connectivity index is 2.12. The average molecular weight is 301 g/mol. The quantitative estimate of drug-likeness (QED) is 0.927. The topological polar surface area (TPSA) is 45.2 Å². The molecule has 0 bridgehead atoms. The molecular formula is C17H20FN3O. The van der Waals surface area contributed by atoms with Crippen molar-refractivity contribution in [2.75, 3.05) is 26.2 Å². The molecule has 1 N–H and O–H groups in total. The van der Waals surface area contributed by atoms with Crippen molar-refractivity contribution in [2.45, 2.75) is 19.8 Å². The van der Waals surface area contributed by atoms with E-state index < -0.39 is 0 Å². The molecule has 22 heavy (non-hydrogen) atoms. The zero-order valence-electron chi connectivity index (χ0n) is 12.9. The van der Waals surface area contributed by atoms with Gasteiger partial charge >= 0.3 is 0 Å². The molecule has 2 aromatic rings. The molecule has 1 saturated heterocycles. The van der Waals surface area contributed by atoms with Crippen LogP contribution >= 0.6 is 0 Å². The monoisotopic (exact) mass is 301 g/mol. The van der Waals surface area contributed by atoms with E-state index in [1.165, 1.54) is 12.1 Å². The Bertz CT molecular complexity index is 708. The van der Waals surface area contributed by atoms with Gasteiger partial charge in [-0.15, -0.1) is 0 Å². The first-order chi connectivity index (χ1) is 10.6. The summed E-state index contributed by atoms with van der Waals surface area (Å²) in [6.45, 7) is 7.01. The van der Waals surface area contributed by atoms with Crippen molar-refractivity contribution in [2.24, 2.45) is 0 Å². The van der Waals surface area contributed by atoms with Gasteiger partial charge in [-0.05, 0) is 30.2 Å². The van der Waals surface area contributed by atoms with Crippen LogP contribution in [0, 0.1) is 5.82 Å². The van der Waals surface area contributed by atoms with E-state index in [1.807, 2.05) is 24.8 Å². The zero-order valence-corrected chi connectivity index (χ0v) is 12.9. The summed E-state index contributed by atoms with van der Waals surface area (Å²) < 4.78 is 13.6. The molecule has 1 fully saturated rings.